The molecule has 0 radical (unpaired) electrons. The Kier molecular flexibility index (Phi) is 6.90. The third-order valence-corrected chi connectivity index (χ3v) is 3.67. The quantitative estimate of drug-likeness (QED) is 0.339. The van der Waals surface area contributed by atoms with Crippen molar-refractivity contribution in [2.45, 2.75) is 39.1 Å². The van der Waals surface area contributed by atoms with Gasteiger partial charge in [-0.1, -0.05) is 23.9 Å². The maximum atomic E-state index is 10.5. The largest absolute Gasteiger partial charge is 0.546 e. The molecule has 0 rings (SSSR count). The molecular weight excluding hydrogens is 284 g/mol. The Labute approximate surface area is 121 Å². The van der Waals surface area contributed by atoms with E-state index in [1.165, 1.54) is 14.0 Å². The van der Waals surface area contributed by atoms with Crippen LogP contribution in [0.4, 0.5) is 0 Å². The topological polar surface area (TPSA) is 47.9 Å². The van der Waals surface area contributed by atoms with E-state index in [1.54, 1.807) is 6.92 Å². The Morgan fingerprint density at radius 2 is 1.95 bits per heavy atom. The van der Waals surface area contributed by atoms with Gasteiger partial charge in [-0.3, -0.25) is 0 Å². The van der Waals surface area contributed by atoms with Crippen LogP contribution in [0.25, 0.3) is 0 Å². The van der Waals surface area contributed by atoms with Crippen molar-refractivity contribution in [1.82, 2.24) is 0 Å². The van der Waals surface area contributed by atoms with Gasteiger partial charge < -0.3 is 19.0 Å². The molecule has 0 amide bonds. The van der Waals surface area contributed by atoms with E-state index in [-0.39, 0.29) is 17.6 Å². The van der Waals surface area contributed by atoms with Crippen molar-refractivity contribution in [3.05, 3.63) is 28.9 Å². The first-order chi connectivity index (χ1) is 8.56. The standard InChI is InChI=1S/C13H23ClO4Si/c1-8-11(17-9-16-4)13(3,15)12(14)10(2)18-19(5,6)7/h15H,1,9H2,2-7H3/b12-10+. The Balaban J connectivity index is 5.27. The molecule has 0 aliphatic heterocycles. The predicted molar refractivity (Wildman–Crippen MR) is 79.2 cm³/mol. The number of rotatable bonds is 7. The molecule has 0 saturated carbocycles. The molecule has 0 aromatic carbocycles. The van der Waals surface area contributed by atoms with Gasteiger partial charge in [0, 0.05) is 7.11 Å². The lowest BCUT2D eigenvalue weighted by Crippen LogP contribution is -2.32. The monoisotopic (exact) mass is 306 g/mol. The Hall–Kier alpha value is -0.713. The van der Waals surface area contributed by atoms with Crippen molar-refractivity contribution in [3.63, 3.8) is 0 Å². The van der Waals surface area contributed by atoms with Crippen LogP contribution in [0, 0.1) is 0 Å². The van der Waals surface area contributed by atoms with E-state index in [1.807, 2.05) is 19.6 Å². The summed E-state index contributed by atoms with van der Waals surface area (Å²) in [6.45, 7) is 12.8. The van der Waals surface area contributed by atoms with Gasteiger partial charge in [-0.15, -0.1) is 0 Å². The summed E-state index contributed by atoms with van der Waals surface area (Å²) in [5.74, 6) is 0.567. The van der Waals surface area contributed by atoms with Gasteiger partial charge in [0.15, 0.2) is 18.2 Å². The van der Waals surface area contributed by atoms with Crippen LogP contribution in [0.2, 0.25) is 19.6 Å². The summed E-state index contributed by atoms with van der Waals surface area (Å²) in [6, 6.07) is 0. The molecule has 1 unspecified atom stereocenters. The molecule has 0 aliphatic carbocycles. The number of hydrogen-bond acceptors (Lipinski definition) is 4. The highest BCUT2D eigenvalue weighted by molar-refractivity contribution is 6.70. The second-order valence-electron chi connectivity index (χ2n) is 5.21. The van der Waals surface area contributed by atoms with E-state index in [0.717, 1.165) is 0 Å². The van der Waals surface area contributed by atoms with Crippen LogP contribution >= 0.6 is 11.6 Å². The van der Waals surface area contributed by atoms with Crippen LogP contribution in [0.1, 0.15) is 13.8 Å². The highest BCUT2D eigenvalue weighted by atomic mass is 35.5. The molecule has 6 heteroatoms. The first kappa shape index (κ1) is 18.3. The lowest BCUT2D eigenvalue weighted by Gasteiger charge is -2.28. The molecule has 0 bridgehead atoms. The summed E-state index contributed by atoms with van der Waals surface area (Å²) in [7, 11) is -0.318. The molecule has 1 N–H and O–H groups in total. The number of methoxy groups -OCH3 is 1. The maximum absolute atomic E-state index is 10.5. The summed E-state index contributed by atoms with van der Waals surface area (Å²) in [4.78, 5) is 0. The number of hydrogen-bond donors (Lipinski definition) is 1. The zero-order valence-corrected chi connectivity index (χ0v) is 14.2. The van der Waals surface area contributed by atoms with E-state index < -0.39 is 13.9 Å². The fourth-order valence-corrected chi connectivity index (χ4v) is 2.64. The third-order valence-electron chi connectivity index (χ3n) is 2.12. The molecule has 0 aromatic heterocycles. The van der Waals surface area contributed by atoms with Crippen LogP contribution in [0.5, 0.6) is 0 Å². The average Bonchev–Trinajstić information content (AvgIpc) is 2.26. The van der Waals surface area contributed by atoms with Crippen LogP contribution in [0.3, 0.4) is 0 Å². The van der Waals surface area contributed by atoms with Gasteiger partial charge in [0.2, 0.25) is 8.32 Å². The molecule has 0 saturated heterocycles. The summed E-state index contributed by atoms with van der Waals surface area (Å²) < 4.78 is 15.8. The zero-order valence-electron chi connectivity index (χ0n) is 12.5. The van der Waals surface area contributed by atoms with E-state index in [9.17, 15) is 5.11 Å². The zero-order chi connectivity index (χ0) is 15.3. The third kappa shape index (κ3) is 5.85. The molecule has 1 atom stereocenters. The number of aliphatic hydroxyl groups is 1. The summed E-state index contributed by atoms with van der Waals surface area (Å²) in [5, 5.41) is 10.6. The molecular formula is C13H23ClO4Si. The number of ether oxygens (including phenoxy) is 2. The van der Waals surface area contributed by atoms with Crippen molar-refractivity contribution < 1.29 is 19.0 Å². The van der Waals surface area contributed by atoms with Crippen molar-refractivity contribution in [2.24, 2.45) is 0 Å². The van der Waals surface area contributed by atoms with Gasteiger partial charge in [-0.2, -0.15) is 0 Å². The van der Waals surface area contributed by atoms with E-state index in [0.29, 0.717) is 5.76 Å². The van der Waals surface area contributed by atoms with Gasteiger partial charge in [0.05, 0.1) is 10.8 Å². The second-order valence-corrected chi connectivity index (χ2v) is 10.0. The number of allylic oxidation sites excluding steroid dienone is 1. The second kappa shape index (κ2) is 7.17. The predicted octanol–water partition coefficient (Wildman–Crippen LogP) is 3.35. The van der Waals surface area contributed by atoms with Crippen molar-refractivity contribution in [1.29, 1.82) is 0 Å². The molecule has 0 aromatic rings. The maximum Gasteiger partial charge on any atom is 0.241 e. The Bertz CT molecular complexity index is 390. The minimum Gasteiger partial charge on any atom is -0.546 e. The van der Waals surface area contributed by atoms with Crippen molar-refractivity contribution in [2.75, 3.05) is 13.9 Å². The lowest BCUT2D eigenvalue weighted by molar-refractivity contribution is -0.0335. The van der Waals surface area contributed by atoms with Gasteiger partial charge >= 0.3 is 0 Å². The molecule has 4 nitrogen and oxygen atoms in total. The summed E-state index contributed by atoms with van der Waals surface area (Å²) in [6.07, 6.45) is 0. The van der Waals surface area contributed by atoms with Gasteiger partial charge in [0.1, 0.15) is 0 Å². The average molecular weight is 307 g/mol. The van der Waals surface area contributed by atoms with Gasteiger partial charge in [-0.25, -0.2) is 0 Å². The highest BCUT2D eigenvalue weighted by Crippen LogP contribution is 2.32. The SMILES string of the molecule is C=C=C(OCOC)C(C)(O)/C(Cl)=C(/C)O[Si](C)(C)C. The number of halogens is 1. The fraction of sp³-hybridized carbons (Fsp3) is 0.615. The Morgan fingerprint density at radius 3 is 2.32 bits per heavy atom. The minimum atomic E-state index is -1.80. The van der Waals surface area contributed by atoms with Crippen LogP contribution in [0.15, 0.2) is 28.9 Å². The molecule has 19 heavy (non-hydrogen) atoms. The molecule has 0 heterocycles. The lowest BCUT2D eigenvalue weighted by atomic mass is 10.0. The van der Waals surface area contributed by atoms with E-state index >= 15 is 0 Å². The van der Waals surface area contributed by atoms with Crippen molar-refractivity contribution >= 4 is 19.9 Å². The smallest absolute Gasteiger partial charge is 0.241 e. The first-order valence-corrected chi connectivity index (χ1v) is 9.65. The molecule has 0 spiro atoms. The molecule has 0 aliphatic rings. The van der Waals surface area contributed by atoms with E-state index in [2.05, 4.69) is 12.3 Å². The molecule has 0 fully saturated rings. The molecule has 110 valence electrons. The summed E-state index contributed by atoms with van der Waals surface area (Å²) in [5.41, 5.74) is 0.977. The summed E-state index contributed by atoms with van der Waals surface area (Å²) >= 11 is 6.20. The normalized spacial score (nSPS) is 16.0. The minimum absolute atomic E-state index is 0.0217. The van der Waals surface area contributed by atoms with Crippen LogP contribution in [-0.4, -0.2) is 32.9 Å². The van der Waals surface area contributed by atoms with Gasteiger partial charge in [-0.05, 0) is 33.5 Å². The van der Waals surface area contributed by atoms with Crippen LogP contribution in [-0.2, 0) is 13.9 Å². The van der Waals surface area contributed by atoms with Gasteiger partial charge in [0.25, 0.3) is 0 Å². The van der Waals surface area contributed by atoms with Crippen molar-refractivity contribution in [3.8, 4) is 0 Å². The van der Waals surface area contributed by atoms with Crippen LogP contribution < -0.4 is 0 Å². The fourth-order valence-electron chi connectivity index (χ4n) is 1.43. The Morgan fingerprint density at radius 1 is 1.42 bits per heavy atom. The highest BCUT2D eigenvalue weighted by Gasteiger charge is 2.35. The van der Waals surface area contributed by atoms with E-state index in [4.69, 9.17) is 25.5 Å². The first-order valence-electron chi connectivity index (χ1n) is 5.86.